The van der Waals surface area contributed by atoms with E-state index >= 15 is 0 Å². The summed E-state index contributed by atoms with van der Waals surface area (Å²) in [6, 6.07) is 5.00. The quantitative estimate of drug-likeness (QED) is 0.750. The van der Waals surface area contributed by atoms with Crippen LogP contribution in [0.5, 0.6) is 0 Å². The van der Waals surface area contributed by atoms with Crippen molar-refractivity contribution in [3.63, 3.8) is 0 Å². The fourth-order valence-electron chi connectivity index (χ4n) is 3.41. The molecule has 154 valence electrons. The second-order valence-electron chi connectivity index (χ2n) is 6.85. The van der Waals surface area contributed by atoms with Gasteiger partial charge in [0.15, 0.2) is 0 Å². The lowest BCUT2D eigenvalue weighted by Gasteiger charge is -2.35. The number of rotatable bonds is 6. The Balaban J connectivity index is 1.63. The molecule has 1 saturated heterocycles. The Morgan fingerprint density at radius 1 is 1.28 bits per heavy atom. The van der Waals surface area contributed by atoms with Gasteiger partial charge in [0.25, 0.3) is 0 Å². The first-order valence-corrected chi connectivity index (χ1v) is 10.3. The zero-order valence-corrected chi connectivity index (χ0v) is 17.7. The van der Waals surface area contributed by atoms with Crippen LogP contribution in [-0.2, 0) is 9.59 Å². The summed E-state index contributed by atoms with van der Waals surface area (Å²) in [5, 5.41) is 3.42. The molecule has 7 nitrogen and oxygen atoms in total. The zero-order chi connectivity index (χ0) is 20.8. The molecule has 2 heterocycles. The van der Waals surface area contributed by atoms with Gasteiger partial charge in [0, 0.05) is 32.0 Å². The van der Waals surface area contributed by atoms with Gasteiger partial charge in [0.2, 0.25) is 11.8 Å². The fraction of sp³-hybridized carbons (Fsp3) is 0.400. The zero-order valence-electron chi connectivity index (χ0n) is 16.1. The van der Waals surface area contributed by atoms with E-state index in [0.717, 1.165) is 25.2 Å². The van der Waals surface area contributed by atoms with Gasteiger partial charge in [0.05, 0.1) is 34.4 Å². The summed E-state index contributed by atoms with van der Waals surface area (Å²) in [4.78, 5) is 37.6. The molecule has 2 aromatic rings. The van der Waals surface area contributed by atoms with Crippen molar-refractivity contribution in [3.8, 4) is 0 Å². The molecular formula is C20H23Cl2N5O2. The monoisotopic (exact) mass is 435 g/mol. The van der Waals surface area contributed by atoms with Crippen molar-refractivity contribution in [2.24, 2.45) is 5.92 Å². The van der Waals surface area contributed by atoms with Crippen molar-refractivity contribution in [2.75, 3.05) is 36.4 Å². The molecule has 1 aliphatic rings. The number of para-hydroxylation sites is 1. The lowest BCUT2D eigenvalue weighted by Crippen LogP contribution is -2.47. The Labute approximate surface area is 180 Å². The van der Waals surface area contributed by atoms with Crippen LogP contribution in [0.25, 0.3) is 0 Å². The van der Waals surface area contributed by atoms with Crippen LogP contribution in [0.3, 0.4) is 0 Å². The predicted molar refractivity (Wildman–Crippen MR) is 114 cm³/mol. The van der Waals surface area contributed by atoms with Crippen LogP contribution in [0.4, 0.5) is 11.5 Å². The molecule has 1 atom stereocenters. The molecule has 0 radical (unpaired) electrons. The maximum absolute atomic E-state index is 13.1. The summed E-state index contributed by atoms with van der Waals surface area (Å²) < 4.78 is 0. The van der Waals surface area contributed by atoms with Gasteiger partial charge in [-0.1, -0.05) is 29.3 Å². The van der Waals surface area contributed by atoms with Crippen LogP contribution in [0.15, 0.2) is 36.8 Å². The van der Waals surface area contributed by atoms with Crippen molar-refractivity contribution in [1.29, 1.82) is 0 Å². The third kappa shape index (κ3) is 5.36. The van der Waals surface area contributed by atoms with Crippen LogP contribution in [0.2, 0.25) is 10.0 Å². The second kappa shape index (κ2) is 9.89. The van der Waals surface area contributed by atoms with Crippen molar-refractivity contribution in [2.45, 2.75) is 19.8 Å². The Bertz CT molecular complexity index is 845. The summed E-state index contributed by atoms with van der Waals surface area (Å²) >= 11 is 12.2. The van der Waals surface area contributed by atoms with E-state index in [-0.39, 0.29) is 24.3 Å². The first-order valence-electron chi connectivity index (χ1n) is 9.53. The minimum absolute atomic E-state index is 0.0403. The molecule has 9 heteroatoms. The van der Waals surface area contributed by atoms with E-state index in [1.54, 1.807) is 41.7 Å². The highest BCUT2D eigenvalue weighted by Crippen LogP contribution is 2.29. The van der Waals surface area contributed by atoms with E-state index in [1.165, 1.54) is 0 Å². The van der Waals surface area contributed by atoms with E-state index in [0.29, 0.717) is 28.8 Å². The SMILES string of the molecule is CCN(CC(=O)Nc1c(Cl)cccc1Cl)C(=O)[C@H]1CCCN(c2cnccn2)C1. The maximum atomic E-state index is 13.1. The summed E-state index contributed by atoms with van der Waals surface area (Å²) in [6.45, 7) is 3.63. The molecule has 0 saturated carbocycles. The Kier molecular flexibility index (Phi) is 7.28. The van der Waals surface area contributed by atoms with E-state index in [9.17, 15) is 9.59 Å². The molecule has 0 unspecified atom stereocenters. The number of hydrogen-bond donors (Lipinski definition) is 1. The number of nitrogens with one attached hydrogen (secondary N) is 1. The van der Waals surface area contributed by atoms with Gasteiger partial charge in [-0.05, 0) is 31.9 Å². The average Bonchev–Trinajstić information content (AvgIpc) is 2.75. The normalized spacial score (nSPS) is 16.4. The smallest absolute Gasteiger partial charge is 0.244 e. The number of anilines is 2. The summed E-state index contributed by atoms with van der Waals surface area (Å²) in [6.07, 6.45) is 6.63. The van der Waals surface area contributed by atoms with Crippen molar-refractivity contribution < 1.29 is 9.59 Å². The number of likely N-dealkylation sites (N-methyl/N-ethyl adjacent to an activating group) is 1. The van der Waals surface area contributed by atoms with Crippen LogP contribution in [-0.4, -0.2) is 52.9 Å². The number of amides is 2. The highest BCUT2D eigenvalue weighted by atomic mass is 35.5. The van der Waals surface area contributed by atoms with Gasteiger partial charge in [-0.25, -0.2) is 4.98 Å². The van der Waals surface area contributed by atoms with Crippen molar-refractivity contribution >= 4 is 46.5 Å². The standard InChI is InChI=1S/C20H23Cl2N5O2/c1-2-26(13-18(28)25-19-15(21)6-3-7-16(19)22)20(29)14-5-4-10-27(12-14)17-11-23-8-9-24-17/h3,6-9,11,14H,2,4-5,10,12-13H2,1H3,(H,25,28)/t14-/m0/s1. The number of nitrogens with zero attached hydrogens (tertiary/aromatic N) is 4. The molecule has 3 rings (SSSR count). The molecule has 0 aliphatic carbocycles. The molecule has 1 aliphatic heterocycles. The summed E-state index contributed by atoms with van der Waals surface area (Å²) in [5.41, 5.74) is 0.357. The van der Waals surface area contributed by atoms with Gasteiger partial charge in [-0.3, -0.25) is 14.6 Å². The number of piperidine rings is 1. The number of hydrogen-bond acceptors (Lipinski definition) is 5. The molecule has 2 amide bonds. The lowest BCUT2D eigenvalue weighted by molar-refractivity contribution is -0.138. The van der Waals surface area contributed by atoms with Gasteiger partial charge in [-0.2, -0.15) is 0 Å². The van der Waals surface area contributed by atoms with Crippen LogP contribution < -0.4 is 10.2 Å². The molecule has 0 bridgehead atoms. The van der Waals surface area contributed by atoms with Gasteiger partial charge >= 0.3 is 0 Å². The van der Waals surface area contributed by atoms with E-state index in [1.807, 2.05) is 6.92 Å². The first kappa shape index (κ1) is 21.3. The van der Waals surface area contributed by atoms with E-state index in [2.05, 4.69) is 20.2 Å². The molecule has 1 aromatic carbocycles. The van der Waals surface area contributed by atoms with Crippen molar-refractivity contribution in [3.05, 3.63) is 46.8 Å². The minimum atomic E-state index is -0.336. The molecule has 0 spiro atoms. The van der Waals surface area contributed by atoms with E-state index in [4.69, 9.17) is 23.2 Å². The molecule has 1 fully saturated rings. The Morgan fingerprint density at radius 3 is 2.69 bits per heavy atom. The predicted octanol–water partition coefficient (Wildman–Crippen LogP) is 3.49. The molecule has 1 N–H and O–H groups in total. The van der Waals surface area contributed by atoms with Crippen LogP contribution in [0, 0.1) is 5.92 Å². The topological polar surface area (TPSA) is 78.4 Å². The number of carbonyl (C=O) groups excluding carboxylic acids is 2. The highest BCUT2D eigenvalue weighted by molar-refractivity contribution is 6.39. The molecule has 29 heavy (non-hydrogen) atoms. The fourth-order valence-corrected chi connectivity index (χ4v) is 3.91. The number of aromatic nitrogens is 2. The lowest BCUT2D eigenvalue weighted by atomic mass is 9.96. The third-order valence-electron chi connectivity index (χ3n) is 4.90. The van der Waals surface area contributed by atoms with Crippen molar-refractivity contribution in [1.82, 2.24) is 14.9 Å². The van der Waals surface area contributed by atoms with E-state index < -0.39 is 0 Å². The van der Waals surface area contributed by atoms with Gasteiger partial charge in [0.1, 0.15) is 5.82 Å². The van der Waals surface area contributed by atoms with Crippen LogP contribution in [0.1, 0.15) is 19.8 Å². The third-order valence-corrected chi connectivity index (χ3v) is 5.53. The largest absolute Gasteiger partial charge is 0.355 e. The minimum Gasteiger partial charge on any atom is -0.355 e. The highest BCUT2D eigenvalue weighted by Gasteiger charge is 2.30. The average molecular weight is 436 g/mol. The molecular weight excluding hydrogens is 413 g/mol. The summed E-state index contributed by atoms with van der Waals surface area (Å²) in [5.74, 6) is 0.194. The number of carbonyl (C=O) groups is 2. The number of halogens is 2. The second-order valence-corrected chi connectivity index (χ2v) is 7.66. The Morgan fingerprint density at radius 2 is 2.03 bits per heavy atom. The van der Waals surface area contributed by atoms with Gasteiger partial charge < -0.3 is 15.1 Å². The summed E-state index contributed by atoms with van der Waals surface area (Å²) in [7, 11) is 0. The van der Waals surface area contributed by atoms with Gasteiger partial charge in [-0.15, -0.1) is 0 Å². The first-order chi connectivity index (χ1) is 14.0. The number of benzene rings is 1. The van der Waals surface area contributed by atoms with Crippen LogP contribution >= 0.6 is 23.2 Å². The maximum Gasteiger partial charge on any atom is 0.244 e. The Hall–Kier alpha value is -2.38. The molecule has 1 aromatic heterocycles.